The molecule has 3 aromatic carbocycles. The van der Waals surface area contributed by atoms with Gasteiger partial charge in [0.1, 0.15) is 30.0 Å². The molecule has 1 fully saturated rings. The van der Waals surface area contributed by atoms with Gasteiger partial charge in [-0.2, -0.15) is 0 Å². The minimum Gasteiger partial charge on any atom is -0.488 e. The summed E-state index contributed by atoms with van der Waals surface area (Å²) in [7, 11) is 0. The third-order valence-electron chi connectivity index (χ3n) is 5.20. The molecule has 158 valence electrons. The first-order valence-electron chi connectivity index (χ1n) is 9.79. The van der Waals surface area contributed by atoms with Gasteiger partial charge < -0.3 is 18.9 Å². The summed E-state index contributed by atoms with van der Waals surface area (Å²) in [6.07, 6.45) is -1.29. The van der Waals surface area contributed by atoms with Crippen molar-refractivity contribution < 1.29 is 28.1 Å². The number of halogens is 2. The Balaban J connectivity index is 1.38. The lowest BCUT2D eigenvalue weighted by Crippen LogP contribution is -2.15. The Hall–Kier alpha value is -2.93. The van der Waals surface area contributed by atoms with Gasteiger partial charge in [0.15, 0.2) is 18.7 Å². The lowest BCUT2D eigenvalue weighted by atomic mass is 9.99. The lowest BCUT2D eigenvalue weighted by Gasteiger charge is -2.20. The van der Waals surface area contributed by atoms with Gasteiger partial charge in [-0.15, -0.1) is 0 Å². The molecule has 0 spiro atoms. The molecule has 5 nitrogen and oxygen atoms in total. The molecule has 0 unspecified atom stereocenters. The number of Topliss-reactive ketones (excluding diaryl/α,β-unsaturated/α-hetero) is 1. The van der Waals surface area contributed by atoms with E-state index in [0.29, 0.717) is 28.7 Å². The van der Waals surface area contributed by atoms with Crippen LogP contribution in [0.25, 0.3) is 0 Å². The van der Waals surface area contributed by atoms with E-state index in [1.807, 2.05) is 30.3 Å². The van der Waals surface area contributed by atoms with Crippen molar-refractivity contribution in [3.8, 4) is 11.5 Å². The molecule has 0 saturated carbocycles. The Morgan fingerprint density at radius 3 is 2.81 bits per heavy atom. The van der Waals surface area contributed by atoms with Crippen LogP contribution in [0.1, 0.15) is 33.2 Å². The number of hydrogen-bond donors (Lipinski definition) is 0. The summed E-state index contributed by atoms with van der Waals surface area (Å²) >= 11 is 6.22. The smallest absolute Gasteiger partial charge is 0.198 e. The lowest BCUT2D eigenvalue weighted by molar-refractivity contribution is -0.0172. The highest BCUT2D eigenvalue weighted by atomic mass is 35.5. The van der Waals surface area contributed by atoms with Gasteiger partial charge in [-0.1, -0.05) is 41.9 Å². The van der Waals surface area contributed by atoms with E-state index >= 15 is 0 Å². The molecule has 0 amide bonds. The normalized spacial score (nSPS) is 19.3. The molecule has 7 heteroatoms. The van der Waals surface area contributed by atoms with E-state index in [0.717, 1.165) is 11.1 Å². The molecule has 2 aliphatic heterocycles. The average molecular weight is 441 g/mol. The van der Waals surface area contributed by atoms with Crippen LogP contribution < -0.4 is 9.47 Å². The summed E-state index contributed by atoms with van der Waals surface area (Å²) < 4.78 is 36.4. The van der Waals surface area contributed by atoms with Crippen molar-refractivity contribution in [2.75, 3.05) is 6.79 Å². The van der Waals surface area contributed by atoms with Gasteiger partial charge in [-0.05, 0) is 35.9 Å². The summed E-state index contributed by atoms with van der Waals surface area (Å²) in [6.45, 7) is 0.751. The van der Waals surface area contributed by atoms with E-state index < -0.39 is 18.0 Å². The zero-order valence-corrected chi connectivity index (χ0v) is 17.1. The Labute approximate surface area is 183 Å². The summed E-state index contributed by atoms with van der Waals surface area (Å²) in [5, 5.41) is 0.502. The molecule has 1 saturated heterocycles. The van der Waals surface area contributed by atoms with E-state index in [4.69, 9.17) is 30.5 Å². The molecular weight excluding hydrogens is 423 g/mol. The maximum atomic E-state index is 14.0. The van der Waals surface area contributed by atoms with Crippen LogP contribution in [0.3, 0.4) is 0 Å². The molecular formula is C24H18ClFO5. The predicted octanol–water partition coefficient (Wildman–Crippen LogP) is 5.25. The zero-order chi connectivity index (χ0) is 21.4. The topological polar surface area (TPSA) is 57.3 Å². The monoisotopic (exact) mass is 440 g/mol. The molecule has 2 aliphatic rings. The standard InChI is InChI=1S/C24H18ClFO5/c25-16-8-15-12-28-13-30-22(15)19(9-16)23-24(31-23)21(27)18-10-17(26)6-7-20(18)29-11-14-4-2-1-3-5-14/h1-10,23-24H,11-13H2/t23-,24-/m0/s1. The van der Waals surface area contributed by atoms with Gasteiger partial charge in [0, 0.05) is 16.1 Å². The van der Waals surface area contributed by atoms with Crippen molar-refractivity contribution in [3.63, 3.8) is 0 Å². The number of rotatable bonds is 6. The van der Waals surface area contributed by atoms with E-state index in [1.165, 1.54) is 18.2 Å². The van der Waals surface area contributed by atoms with Crippen molar-refractivity contribution >= 4 is 17.4 Å². The van der Waals surface area contributed by atoms with E-state index in [1.54, 1.807) is 12.1 Å². The van der Waals surface area contributed by atoms with Crippen molar-refractivity contribution in [2.45, 2.75) is 25.4 Å². The molecule has 0 bridgehead atoms. The van der Waals surface area contributed by atoms with Crippen LogP contribution in [0.4, 0.5) is 4.39 Å². The number of epoxide rings is 1. The summed E-state index contributed by atoms with van der Waals surface area (Å²) in [6, 6.07) is 16.9. The Bertz CT molecular complexity index is 1130. The molecule has 0 radical (unpaired) electrons. The fraction of sp³-hybridized carbons (Fsp3) is 0.208. The summed E-state index contributed by atoms with van der Waals surface area (Å²) in [4.78, 5) is 13.2. The molecule has 2 heterocycles. The molecule has 0 aliphatic carbocycles. The number of carbonyl (C=O) groups is 1. The van der Waals surface area contributed by atoms with Crippen molar-refractivity contribution in [3.05, 3.63) is 93.8 Å². The van der Waals surface area contributed by atoms with E-state index in [-0.39, 0.29) is 24.7 Å². The van der Waals surface area contributed by atoms with Crippen LogP contribution in [0.2, 0.25) is 5.02 Å². The highest BCUT2D eigenvalue weighted by molar-refractivity contribution is 6.30. The van der Waals surface area contributed by atoms with E-state index in [2.05, 4.69) is 0 Å². The molecule has 31 heavy (non-hydrogen) atoms. The fourth-order valence-corrected chi connectivity index (χ4v) is 3.93. The van der Waals surface area contributed by atoms with Crippen LogP contribution in [0.5, 0.6) is 11.5 Å². The van der Waals surface area contributed by atoms with Crippen LogP contribution >= 0.6 is 11.6 Å². The van der Waals surface area contributed by atoms with Crippen LogP contribution in [-0.2, 0) is 22.7 Å². The average Bonchev–Trinajstić information content (AvgIpc) is 3.58. The second-order valence-electron chi connectivity index (χ2n) is 7.35. The van der Waals surface area contributed by atoms with Crippen LogP contribution in [0, 0.1) is 5.82 Å². The predicted molar refractivity (Wildman–Crippen MR) is 111 cm³/mol. The second-order valence-corrected chi connectivity index (χ2v) is 7.79. The highest BCUT2D eigenvalue weighted by Crippen LogP contribution is 2.48. The number of ether oxygens (including phenoxy) is 4. The zero-order valence-electron chi connectivity index (χ0n) is 16.3. The van der Waals surface area contributed by atoms with Gasteiger partial charge in [-0.25, -0.2) is 4.39 Å². The number of fused-ring (bicyclic) bond motifs is 1. The first-order valence-corrected chi connectivity index (χ1v) is 10.2. The van der Waals surface area contributed by atoms with Crippen molar-refractivity contribution in [2.24, 2.45) is 0 Å². The summed E-state index contributed by atoms with van der Waals surface area (Å²) in [5.41, 5.74) is 2.57. The fourth-order valence-electron chi connectivity index (χ4n) is 3.68. The molecule has 3 aromatic rings. The number of hydrogen-bond acceptors (Lipinski definition) is 5. The van der Waals surface area contributed by atoms with Crippen LogP contribution in [-0.4, -0.2) is 18.7 Å². The number of carbonyl (C=O) groups excluding carboxylic acids is 1. The Kier molecular flexibility index (Phi) is 5.36. The first kappa shape index (κ1) is 20.0. The second kappa shape index (κ2) is 8.30. The highest BCUT2D eigenvalue weighted by Gasteiger charge is 2.49. The molecule has 5 rings (SSSR count). The van der Waals surface area contributed by atoms with Gasteiger partial charge in [0.05, 0.1) is 12.2 Å². The summed E-state index contributed by atoms with van der Waals surface area (Å²) in [5.74, 6) is 0.0552. The first-order chi connectivity index (χ1) is 15.1. The minimum absolute atomic E-state index is 0.119. The van der Waals surface area contributed by atoms with Gasteiger partial charge in [0.2, 0.25) is 0 Å². The van der Waals surface area contributed by atoms with Gasteiger partial charge in [-0.3, -0.25) is 4.79 Å². The largest absolute Gasteiger partial charge is 0.488 e. The van der Waals surface area contributed by atoms with Crippen molar-refractivity contribution in [1.29, 1.82) is 0 Å². The third-order valence-corrected chi connectivity index (χ3v) is 5.42. The van der Waals surface area contributed by atoms with Crippen molar-refractivity contribution in [1.82, 2.24) is 0 Å². The Morgan fingerprint density at radius 1 is 1.13 bits per heavy atom. The maximum Gasteiger partial charge on any atom is 0.198 e. The molecule has 0 aromatic heterocycles. The van der Waals surface area contributed by atoms with Gasteiger partial charge >= 0.3 is 0 Å². The van der Waals surface area contributed by atoms with Gasteiger partial charge in [0.25, 0.3) is 0 Å². The minimum atomic E-state index is -0.769. The number of ketones is 1. The Morgan fingerprint density at radius 2 is 1.97 bits per heavy atom. The quantitative estimate of drug-likeness (QED) is 0.387. The third kappa shape index (κ3) is 4.14. The van der Waals surface area contributed by atoms with E-state index in [9.17, 15) is 9.18 Å². The number of benzene rings is 3. The molecule has 0 N–H and O–H groups in total. The van der Waals surface area contributed by atoms with Crippen LogP contribution in [0.15, 0.2) is 60.7 Å². The SMILES string of the molecule is O=C(c1cc(F)ccc1OCc1ccccc1)[C@@H]1O[C@H]1c1cc(Cl)cc2c1OCOC2. The maximum absolute atomic E-state index is 14.0. The molecule has 2 atom stereocenters.